The van der Waals surface area contributed by atoms with Gasteiger partial charge >= 0.3 is 0 Å². The summed E-state index contributed by atoms with van der Waals surface area (Å²) >= 11 is 7.43. The van der Waals surface area contributed by atoms with Crippen LogP contribution in [-0.4, -0.2) is 16.0 Å². The van der Waals surface area contributed by atoms with Crippen LogP contribution >= 0.6 is 22.9 Å². The van der Waals surface area contributed by atoms with E-state index in [0.717, 1.165) is 25.7 Å². The minimum absolute atomic E-state index is 0.0330. The Morgan fingerprint density at radius 2 is 2.14 bits per heavy atom. The molecule has 0 aliphatic heterocycles. The first-order valence-electron chi connectivity index (χ1n) is 7.14. The maximum absolute atomic E-state index is 12.2. The van der Waals surface area contributed by atoms with Gasteiger partial charge in [0.2, 0.25) is 11.8 Å². The van der Waals surface area contributed by atoms with Gasteiger partial charge in [0.05, 0.1) is 16.1 Å². The van der Waals surface area contributed by atoms with Crippen LogP contribution in [-0.2, 0) is 4.79 Å². The van der Waals surface area contributed by atoms with Crippen LogP contribution in [0.2, 0.25) is 5.02 Å². The quantitative estimate of drug-likeness (QED) is 0.774. The molecular weight excluding hydrogens is 322 g/mol. The molecule has 1 aromatic carbocycles. The Morgan fingerprint density at radius 3 is 2.82 bits per heavy atom. The molecule has 3 rings (SSSR count). The SMILES string of the molecule is O=C(Nc1ccc(Cl)c(Nc2nc(O)cs2)c1)C1CCCC1. The highest BCUT2D eigenvalue weighted by Crippen LogP contribution is 2.32. The lowest BCUT2D eigenvalue weighted by atomic mass is 10.1. The van der Waals surface area contributed by atoms with Crippen LogP contribution in [0.15, 0.2) is 23.6 Å². The Kier molecular flexibility index (Phi) is 4.49. The highest BCUT2D eigenvalue weighted by atomic mass is 35.5. The number of carbonyl (C=O) groups excluding carboxylic acids is 1. The first-order chi connectivity index (χ1) is 10.6. The summed E-state index contributed by atoms with van der Waals surface area (Å²) in [4.78, 5) is 16.1. The fourth-order valence-corrected chi connectivity index (χ4v) is 3.32. The molecule has 2 aromatic rings. The van der Waals surface area contributed by atoms with Gasteiger partial charge in [-0.2, -0.15) is 4.98 Å². The largest absolute Gasteiger partial charge is 0.493 e. The molecule has 0 saturated heterocycles. The summed E-state index contributed by atoms with van der Waals surface area (Å²) in [5, 5.41) is 17.8. The molecule has 0 bridgehead atoms. The molecule has 1 heterocycles. The van der Waals surface area contributed by atoms with Crippen molar-refractivity contribution in [3.05, 3.63) is 28.6 Å². The third kappa shape index (κ3) is 3.51. The van der Waals surface area contributed by atoms with Gasteiger partial charge in [0.15, 0.2) is 5.13 Å². The number of nitrogens with zero attached hydrogens (tertiary/aromatic N) is 1. The highest BCUT2D eigenvalue weighted by molar-refractivity contribution is 7.14. The second kappa shape index (κ2) is 6.54. The maximum Gasteiger partial charge on any atom is 0.227 e. The Labute approximate surface area is 137 Å². The molecule has 7 heteroatoms. The van der Waals surface area contributed by atoms with Gasteiger partial charge in [0, 0.05) is 11.6 Å². The zero-order chi connectivity index (χ0) is 15.5. The number of hydrogen-bond acceptors (Lipinski definition) is 5. The average molecular weight is 338 g/mol. The van der Waals surface area contributed by atoms with E-state index in [1.165, 1.54) is 16.7 Å². The number of anilines is 3. The lowest BCUT2D eigenvalue weighted by molar-refractivity contribution is -0.119. The number of aromatic hydroxyl groups is 1. The molecule has 1 saturated carbocycles. The van der Waals surface area contributed by atoms with Gasteiger partial charge in [-0.05, 0) is 31.0 Å². The van der Waals surface area contributed by atoms with Gasteiger partial charge < -0.3 is 15.7 Å². The van der Waals surface area contributed by atoms with Crippen molar-refractivity contribution in [1.82, 2.24) is 4.98 Å². The summed E-state index contributed by atoms with van der Waals surface area (Å²) in [5.41, 5.74) is 1.34. The zero-order valence-corrected chi connectivity index (χ0v) is 13.4. The monoisotopic (exact) mass is 337 g/mol. The van der Waals surface area contributed by atoms with Crippen LogP contribution in [0.3, 0.4) is 0 Å². The Balaban J connectivity index is 1.73. The molecule has 1 aliphatic carbocycles. The molecule has 1 aliphatic rings. The van der Waals surface area contributed by atoms with E-state index in [1.807, 2.05) is 0 Å². The van der Waals surface area contributed by atoms with Gasteiger partial charge in [-0.3, -0.25) is 4.79 Å². The van der Waals surface area contributed by atoms with E-state index in [-0.39, 0.29) is 17.7 Å². The first kappa shape index (κ1) is 15.1. The molecule has 0 unspecified atom stereocenters. The molecule has 0 atom stereocenters. The number of carbonyl (C=O) groups is 1. The third-order valence-corrected chi connectivity index (χ3v) is 4.77. The zero-order valence-electron chi connectivity index (χ0n) is 11.8. The second-order valence-electron chi connectivity index (χ2n) is 5.30. The number of rotatable bonds is 4. The number of nitrogens with one attached hydrogen (secondary N) is 2. The third-order valence-electron chi connectivity index (χ3n) is 3.69. The molecule has 5 nitrogen and oxygen atoms in total. The number of aromatic nitrogens is 1. The van der Waals surface area contributed by atoms with E-state index in [4.69, 9.17) is 11.6 Å². The topological polar surface area (TPSA) is 74.2 Å². The van der Waals surface area contributed by atoms with Crippen LogP contribution in [0, 0.1) is 5.92 Å². The normalized spacial score (nSPS) is 15.0. The Bertz CT molecular complexity index is 683. The molecule has 116 valence electrons. The highest BCUT2D eigenvalue weighted by Gasteiger charge is 2.22. The first-order valence-corrected chi connectivity index (χ1v) is 8.39. The van der Waals surface area contributed by atoms with Crippen LogP contribution in [0.4, 0.5) is 16.5 Å². The van der Waals surface area contributed by atoms with E-state index >= 15 is 0 Å². The van der Waals surface area contributed by atoms with Crippen molar-refractivity contribution in [1.29, 1.82) is 0 Å². The summed E-state index contributed by atoms with van der Waals surface area (Å²) in [6.45, 7) is 0. The summed E-state index contributed by atoms with van der Waals surface area (Å²) in [6, 6.07) is 5.27. The molecule has 1 aromatic heterocycles. The van der Waals surface area contributed by atoms with Gasteiger partial charge in [0.1, 0.15) is 0 Å². The van der Waals surface area contributed by atoms with Crippen molar-refractivity contribution in [2.75, 3.05) is 10.6 Å². The second-order valence-corrected chi connectivity index (χ2v) is 6.57. The molecule has 0 radical (unpaired) electrons. The maximum atomic E-state index is 12.2. The van der Waals surface area contributed by atoms with E-state index < -0.39 is 0 Å². The van der Waals surface area contributed by atoms with Gasteiger partial charge in [-0.15, -0.1) is 11.3 Å². The fourth-order valence-electron chi connectivity index (χ4n) is 2.57. The van der Waals surface area contributed by atoms with Gasteiger partial charge in [0.25, 0.3) is 0 Å². The number of amides is 1. The minimum Gasteiger partial charge on any atom is -0.493 e. The molecule has 1 amide bonds. The lowest BCUT2D eigenvalue weighted by Gasteiger charge is -2.12. The summed E-state index contributed by atoms with van der Waals surface area (Å²) < 4.78 is 0. The Morgan fingerprint density at radius 1 is 1.36 bits per heavy atom. The van der Waals surface area contributed by atoms with E-state index in [1.54, 1.807) is 18.2 Å². The van der Waals surface area contributed by atoms with Crippen LogP contribution in [0.25, 0.3) is 0 Å². The molecule has 0 spiro atoms. The van der Waals surface area contributed by atoms with Crippen molar-refractivity contribution >= 4 is 45.4 Å². The molecule has 1 fully saturated rings. The number of hydrogen-bond donors (Lipinski definition) is 3. The Hall–Kier alpha value is -1.79. The van der Waals surface area contributed by atoms with E-state index in [2.05, 4.69) is 15.6 Å². The number of thiazole rings is 1. The average Bonchev–Trinajstić information content (AvgIpc) is 3.14. The molecular formula is C15H16ClN3O2S. The predicted octanol–water partition coefficient (Wildman–Crippen LogP) is 4.37. The van der Waals surface area contributed by atoms with Crippen molar-refractivity contribution in [3.8, 4) is 5.88 Å². The predicted molar refractivity (Wildman–Crippen MR) is 89.1 cm³/mol. The van der Waals surface area contributed by atoms with E-state index in [0.29, 0.717) is 21.5 Å². The van der Waals surface area contributed by atoms with Crippen molar-refractivity contribution < 1.29 is 9.90 Å². The van der Waals surface area contributed by atoms with E-state index in [9.17, 15) is 9.90 Å². The summed E-state index contributed by atoms with van der Waals surface area (Å²) in [7, 11) is 0. The van der Waals surface area contributed by atoms with Gasteiger partial charge in [-0.1, -0.05) is 24.4 Å². The lowest BCUT2D eigenvalue weighted by Crippen LogP contribution is -2.20. The van der Waals surface area contributed by atoms with Crippen molar-refractivity contribution in [2.45, 2.75) is 25.7 Å². The van der Waals surface area contributed by atoms with Crippen LogP contribution in [0.1, 0.15) is 25.7 Å². The smallest absolute Gasteiger partial charge is 0.227 e. The molecule has 3 N–H and O–H groups in total. The number of halogens is 1. The van der Waals surface area contributed by atoms with Crippen LogP contribution < -0.4 is 10.6 Å². The standard InChI is InChI=1S/C15H16ClN3O2S/c16-11-6-5-10(17-14(21)9-3-1-2-4-9)7-12(11)18-15-19-13(20)8-22-15/h5-9,20H,1-4H2,(H,17,21)(H,18,19). The van der Waals surface area contributed by atoms with Crippen molar-refractivity contribution in [2.24, 2.45) is 5.92 Å². The van der Waals surface area contributed by atoms with Crippen LogP contribution in [0.5, 0.6) is 5.88 Å². The summed E-state index contributed by atoms with van der Waals surface area (Å²) in [5.74, 6) is 0.148. The van der Waals surface area contributed by atoms with Crippen molar-refractivity contribution in [3.63, 3.8) is 0 Å². The summed E-state index contributed by atoms with van der Waals surface area (Å²) in [6.07, 6.45) is 4.17. The number of benzene rings is 1. The minimum atomic E-state index is -0.0330. The molecule has 22 heavy (non-hydrogen) atoms. The van der Waals surface area contributed by atoms with Gasteiger partial charge in [-0.25, -0.2) is 0 Å². The fraction of sp³-hybridized carbons (Fsp3) is 0.333.